The fraction of sp³-hybridized carbons (Fsp3) is 0.417. The molecule has 0 spiro atoms. The van der Waals surface area contributed by atoms with E-state index in [1.54, 1.807) is 11.8 Å². The van der Waals surface area contributed by atoms with Crippen LogP contribution < -0.4 is 10.6 Å². The number of benzene rings is 1. The molecule has 4 heteroatoms. The van der Waals surface area contributed by atoms with Crippen LogP contribution in [0.15, 0.2) is 23.1 Å². The molecule has 0 bridgehead atoms. The third-order valence-electron chi connectivity index (χ3n) is 2.52. The number of amides is 1. The predicted octanol–water partition coefficient (Wildman–Crippen LogP) is 1.88. The van der Waals surface area contributed by atoms with Gasteiger partial charge in [-0.25, -0.2) is 0 Å². The Hall–Kier alpha value is -1.000. The van der Waals surface area contributed by atoms with E-state index in [0.717, 1.165) is 25.2 Å². The Bertz CT molecular complexity index is 393. The number of anilines is 1. The third-order valence-corrected chi connectivity index (χ3v) is 3.59. The molecule has 1 aliphatic heterocycles. The number of nitrogens with one attached hydrogen (secondary N) is 2. The molecule has 0 unspecified atom stereocenters. The van der Waals surface area contributed by atoms with Crippen LogP contribution in [-0.4, -0.2) is 24.7 Å². The summed E-state index contributed by atoms with van der Waals surface area (Å²) in [5.74, 6) is 0.630. The molecule has 16 heavy (non-hydrogen) atoms. The van der Waals surface area contributed by atoms with Gasteiger partial charge < -0.3 is 10.6 Å². The Morgan fingerprint density at radius 2 is 2.38 bits per heavy atom. The average Bonchev–Trinajstić information content (AvgIpc) is 2.29. The highest BCUT2D eigenvalue weighted by Crippen LogP contribution is 2.31. The molecule has 0 aliphatic carbocycles. The molecule has 0 atom stereocenters. The van der Waals surface area contributed by atoms with Gasteiger partial charge in [0, 0.05) is 4.90 Å². The summed E-state index contributed by atoms with van der Waals surface area (Å²) in [6.07, 6.45) is 1.00. The fourth-order valence-corrected chi connectivity index (χ4v) is 2.48. The summed E-state index contributed by atoms with van der Waals surface area (Å²) in [4.78, 5) is 12.4. The number of carbonyl (C=O) groups is 1. The maximum Gasteiger partial charge on any atom is 0.234 e. The van der Waals surface area contributed by atoms with Crippen molar-refractivity contribution < 1.29 is 4.79 Å². The number of fused-ring (bicyclic) bond motifs is 1. The Labute approximate surface area is 100.0 Å². The minimum absolute atomic E-state index is 0.0985. The van der Waals surface area contributed by atoms with Crippen LogP contribution in [-0.2, 0) is 11.2 Å². The Morgan fingerprint density at radius 1 is 1.50 bits per heavy atom. The van der Waals surface area contributed by atoms with Crippen LogP contribution in [0.2, 0.25) is 0 Å². The van der Waals surface area contributed by atoms with Crippen LogP contribution in [0.4, 0.5) is 5.69 Å². The molecule has 1 heterocycles. The highest BCUT2D eigenvalue weighted by atomic mass is 32.2. The average molecular weight is 236 g/mol. The molecule has 1 amide bonds. The van der Waals surface area contributed by atoms with Crippen molar-refractivity contribution in [1.29, 1.82) is 0 Å². The van der Waals surface area contributed by atoms with E-state index in [4.69, 9.17) is 0 Å². The molecule has 2 N–H and O–H groups in total. The van der Waals surface area contributed by atoms with Crippen molar-refractivity contribution in [1.82, 2.24) is 5.32 Å². The van der Waals surface area contributed by atoms with Gasteiger partial charge in [-0.3, -0.25) is 4.79 Å². The van der Waals surface area contributed by atoms with Gasteiger partial charge in [-0.05, 0) is 37.2 Å². The van der Waals surface area contributed by atoms with E-state index in [9.17, 15) is 4.79 Å². The van der Waals surface area contributed by atoms with Gasteiger partial charge in [-0.2, -0.15) is 0 Å². The lowest BCUT2D eigenvalue weighted by Crippen LogP contribution is -2.19. The molecular weight excluding hydrogens is 220 g/mol. The maximum atomic E-state index is 11.3. The van der Waals surface area contributed by atoms with E-state index in [2.05, 4.69) is 35.8 Å². The molecule has 1 aromatic carbocycles. The van der Waals surface area contributed by atoms with Gasteiger partial charge in [0.2, 0.25) is 5.91 Å². The molecule has 2 rings (SSSR count). The van der Waals surface area contributed by atoms with Crippen molar-refractivity contribution in [2.45, 2.75) is 18.2 Å². The summed E-state index contributed by atoms with van der Waals surface area (Å²) in [5, 5.41) is 6.20. The summed E-state index contributed by atoms with van der Waals surface area (Å²) in [6, 6.07) is 6.32. The Morgan fingerprint density at radius 3 is 3.19 bits per heavy atom. The quantitative estimate of drug-likeness (QED) is 0.784. The molecule has 0 fully saturated rings. The van der Waals surface area contributed by atoms with Crippen LogP contribution in [0.5, 0.6) is 0 Å². The second-order valence-electron chi connectivity index (χ2n) is 3.77. The molecule has 0 radical (unpaired) electrons. The van der Waals surface area contributed by atoms with E-state index < -0.39 is 0 Å². The lowest BCUT2D eigenvalue weighted by molar-refractivity contribution is -0.113. The maximum absolute atomic E-state index is 11.3. The van der Waals surface area contributed by atoms with E-state index in [1.165, 1.54) is 10.5 Å². The van der Waals surface area contributed by atoms with Gasteiger partial charge in [-0.15, -0.1) is 11.8 Å². The number of likely N-dealkylation sites (N-methyl/N-ethyl adjacent to an activating group) is 1. The number of hydrogen-bond donors (Lipinski definition) is 2. The van der Waals surface area contributed by atoms with Gasteiger partial charge in [-0.1, -0.05) is 13.0 Å². The van der Waals surface area contributed by atoms with Gasteiger partial charge >= 0.3 is 0 Å². The SMILES string of the molecule is CCNCCc1ccc2c(c1)NC(=O)CS2. The zero-order valence-corrected chi connectivity index (χ0v) is 10.2. The van der Waals surface area contributed by atoms with E-state index in [0.29, 0.717) is 5.75 Å². The monoisotopic (exact) mass is 236 g/mol. The van der Waals surface area contributed by atoms with Crippen molar-refractivity contribution in [3.8, 4) is 0 Å². The zero-order valence-electron chi connectivity index (χ0n) is 9.38. The normalized spacial score (nSPS) is 14.4. The molecule has 0 aromatic heterocycles. The Balaban J connectivity index is 2.06. The minimum atomic E-state index is 0.0985. The highest BCUT2D eigenvalue weighted by Gasteiger charge is 2.14. The summed E-state index contributed by atoms with van der Waals surface area (Å²) in [6.45, 7) is 4.08. The second-order valence-corrected chi connectivity index (χ2v) is 4.79. The van der Waals surface area contributed by atoms with Crippen molar-refractivity contribution in [2.75, 3.05) is 24.2 Å². The fourth-order valence-electron chi connectivity index (χ4n) is 1.70. The first-order chi connectivity index (χ1) is 7.79. The standard InChI is InChI=1S/C12H16N2OS/c1-2-13-6-5-9-3-4-11-10(7-9)14-12(15)8-16-11/h3-4,7,13H,2,5-6,8H2,1H3,(H,14,15). The molecule has 1 aromatic rings. The first kappa shape index (κ1) is 11.5. The first-order valence-corrected chi connectivity index (χ1v) is 6.54. The van der Waals surface area contributed by atoms with Crippen LogP contribution in [0.25, 0.3) is 0 Å². The van der Waals surface area contributed by atoms with E-state index >= 15 is 0 Å². The number of hydrogen-bond acceptors (Lipinski definition) is 3. The van der Waals surface area contributed by atoms with Crippen LogP contribution in [0, 0.1) is 0 Å². The summed E-state index contributed by atoms with van der Waals surface area (Å²) in [7, 11) is 0. The summed E-state index contributed by atoms with van der Waals surface area (Å²) >= 11 is 1.61. The van der Waals surface area contributed by atoms with Crippen LogP contribution >= 0.6 is 11.8 Å². The van der Waals surface area contributed by atoms with E-state index in [-0.39, 0.29) is 5.91 Å². The minimum Gasteiger partial charge on any atom is -0.324 e. The van der Waals surface area contributed by atoms with Gasteiger partial charge in [0.25, 0.3) is 0 Å². The molecule has 3 nitrogen and oxygen atoms in total. The Kier molecular flexibility index (Phi) is 3.85. The van der Waals surface area contributed by atoms with E-state index in [1.807, 2.05) is 0 Å². The van der Waals surface area contributed by atoms with Gasteiger partial charge in [0.05, 0.1) is 11.4 Å². The largest absolute Gasteiger partial charge is 0.324 e. The predicted molar refractivity (Wildman–Crippen MR) is 68.0 cm³/mol. The molecule has 1 aliphatic rings. The van der Waals surface area contributed by atoms with Gasteiger partial charge in [0.1, 0.15) is 0 Å². The number of thioether (sulfide) groups is 1. The third kappa shape index (κ3) is 2.77. The van der Waals surface area contributed by atoms with Crippen molar-refractivity contribution in [3.05, 3.63) is 23.8 Å². The van der Waals surface area contributed by atoms with Crippen molar-refractivity contribution in [3.63, 3.8) is 0 Å². The van der Waals surface area contributed by atoms with Crippen molar-refractivity contribution in [2.24, 2.45) is 0 Å². The number of rotatable bonds is 4. The summed E-state index contributed by atoms with van der Waals surface area (Å²) < 4.78 is 0. The number of carbonyl (C=O) groups excluding carboxylic acids is 1. The lowest BCUT2D eigenvalue weighted by Gasteiger charge is -2.17. The topological polar surface area (TPSA) is 41.1 Å². The van der Waals surface area contributed by atoms with Gasteiger partial charge in [0.15, 0.2) is 0 Å². The second kappa shape index (κ2) is 5.37. The molecular formula is C12H16N2OS. The lowest BCUT2D eigenvalue weighted by atomic mass is 10.1. The molecule has 0 saturated carbocycles. The van der Waals surface area contributed by atoms with Crippen LogP contribution in [0.3, 0.4) is 0 Å². The zero-order chi connectivity index (χ0) is 11.4. The highest BCUT2D eigenvalue weighted by molar-refractivity contribution is 8.00. The molecule has 0 saturated heterocycles. The first-order valence-electron chi connectivity index (χ1n) is 5.56. The molecule has 86 valence electrons. The van der Waals surface area contributed by atoms with Crippen LogP contribution in [0.1, 0.15) is 12.5 Å². The van der Waals surface area contributed by atoms with Crippen molar-refractivity contribution >= 4 is 23.4 Å². The summed E-state index contributed by atoms with van der Waals surface area (Å²) in [5.41, 5.74) is 2.23. The smallest absolute Gasteiger partial charge is 0.234 e.